The van der Waals surface area contributed by atoms with E-state index in [-0.39, 0.29) is 0 Å². The van der Waals surface area contributed by atoms with Crippen LogP contribution < -0.4 is 0 Å². The normalized spacial score (nSPS) is 12.5. The topological polar surface area (TPSA) is 0 Å². The van der Waals surface area contributed by atoms with Crippen molar-refractivity contribution in [2.24, 2.45) is 0 Å². The van der Waals surface area contributed by atoms with E-state index in [0.29, 0.717) is 0 Å². The molecule has 8 rings (SSSR count). The second-order valence-corrected chi connectivity index (χ2v) is 12.6. The third kappa shape index (κ3) is 4.36. The van der Waals surface area contributed by atoms with Crippen LogP contribution in [0.5, 0.6) is 0 Å². The van der Waals surface area contributed by atoms with Crippen LogP contribution in [0, 0.1) is 20.8 Å². The van der Waals surface area contributed by atoms with Gasteiger partial charge in [0.15, 0.2) is 0 Å². The van der Waals surface area contributed by atoms with Crippen molar-refractivity contribution < 1.29 is 0 Å². The first kappa shape index (κ1) is 26.0. The lowest BCUT2D eigenvalue weighted by molar-refractivity contribution is 1.03. The van der Waals surface area contributed by atoms with Gasteiger partial charge >= 0.3 is 0 Å². The Labute approximate surface area is 255 Å². The first-order valence-corrected chi connectivity index (χ1v) is 15.6. The van der Waals surface area contributed by atoms with E-state index in [1.165, 1.54) is 94.6 Å². The molecule has 0 aromatic heterocycles. The minimum Gasteiger partial charge on any atom is -0.0622 e. The van der Waals surface area contributed by atoms with E-state index in [9.17, 15) is 0 Å². The first-order valence-electron chi connectivity index (χ1n) is 15.6. The van der Waals surface area contributed by atoms with Crippen LogP contribution in [0.15, 0.2) is 115 Å². The summed E-state index contributed by atoms with van der Waals surface area (Å²) < 4.78 is 0. The number of hydrogen-bond donors (Lipinski definition) is 0. The summed E-state index contributed by atoms with van der Waals surface area (Å²) in [4.78, 5) is 0. The average molecular weight is 553 g/mol. The van der Waals surface area contributed by atoms with E-state index in [1.807, 2.05) is 0 Å². The molecule has 0 aliphatic heterocycles. The maximum atomic E-state index is 2.54. The van der Waals surface area contributed by atoms with Crippen LogP contribution in [0.3, 0.4) is 0 Å². The second kappa shape index (κ2) is 10.2. The summed E-state index contributed by atoms with van der Waals surface area (Å²) in [7, 11) is 0. The lowest BCUT2D eigenvalue weighted by atomic mass is 9.80. The van der Waals surface area contributed by atoms with Gasteiger partial charge in [-0.1, -0.05) is 115 Å². The van der Waals surface area contributed by atoms with Crippen molar-refractivity contribution in [3.63, 3.8) is 0 Å². The molecule has 0 spiro atoms. The molecule has 6 aromatic rings. The third-order valence-corrected chi connectivity index (χ3v) is 9.83. The van der Waals surface area contributed by atoms with Gasteiger partial charge in [-0.25, -0.2) is 0 Å². The van der Waals surface area contributed by atoms with Crippen LogP contribution in [-0.4, -0.2) is 0 Å². The van der Waals surface area contributed by atoms with Gasteiger partial charge in [0.25, 0.3) is 0 Å². The fourth-order valence-electron chi connectivity index (χ4n) is 8.02. The third-order valence-electron chi connectivity index (χ3n) is 9.83. The largest absolute Gasteiger partial charge is 0.0622 e. The predicted molar refractivity (Wildman–Crippen MR) is 181 cm³/mol. The summed E-state index contributed by atoms with van der Waals surface area (Å²) in [5.74, 6) is 0. The first-order chi connectivity index (χ1) is 21.0. The summed E-state index contributed by atoms with van der Waals surface area (Å²) in [5, 5.41) is 0. The molecule has 0 radical (unpaired) electrons. The van der Waals surface area contributed by atoms with E-state index in [0.717, 1.165) is 25.7 Å². The number of rotatable bonds is 5. The molecule has 0 unspecified atom stereocenters. The van der Waals surface area contributed by atoms with Gasteiger partial charge in [-0.05, 0) is 142 Å². The molecule has 208 valence electrons. The lowest BCUT2D eigenvalue weighted by Gasteiger charge is -2.24. The quantitative estimate of drug-likeness (QED) is 0.199. The van der Waals surface area contributed by atoms with Crippen molar-refractivity contribution in [2.75, 3.05) is 0 Å². The monoisotopic (exact) mass is 552 g/mol. The molecule has 0 heteroatoms. The molecule has 0 bridgehead atoms. The Bertz CT molecular complexity index is 2020. The minimum atomic E-state index is 0.928. The Kier molecular flexibility index (Phi) is 6.19. The molecule has 0 nitrogen and oxygen atoms in total. The Morgan fingerprint density at radius 3 is 1.79 bits per heavy atom. The zero-order valence-electron chi connectivity index (χ0n) is 25.3. The highest BCUT2D eigenvalue weighted by Crippen LogP contribution is 2.47. The van der Waals surface area contributed by atoms with E-state index >= 15 is 0 Å². The standard InChI is InChI=1S/C43H36/c1-27-20-28(2)43(29(3)21-27)42-26-41-35-18-10-8-15-32(35)24-40(41)39(38(42)22-30-12-5-4-6-13-30)25-33-16-11-19-36-34-17-9-7-14-31(34)23-37(33)36/h4-21,26H,22-25H2,1-3H3. The van der Waals surface area contributed by atoms with Gasteiger partial charge in [0, 0.05) is 0 Å². The lowest BCUT2D eigenvalue weighted by Crippen LogP contribution is -2.07. The maximum Gasteiger partial charge on any atom is -0.00105 e. The fourth-order valence-corrected chi connectivity index (χ4v) is 8.02. The van der Waals surface area contributed by atoms with Gasteiger partial charge in [0.05, 0.1) is 0 Å². The Balaban J connectivity index is 1.40. The molecular weight excluding hydrogens is 516 g/mol. The minimum absolute atomic E-state index is 0.928. The second-order valence-electron chi connectivity index (χ2n) is 12.6. The van der Waals surface area contributed by atoms with Crippen molar-refractivity contribution >= 4 is 0 Å². The highest BCUT2D eigenvalue weighted by molar-refractivity contribution is 5.87. The van der Waals surface area contributed by atoms with Crippen LogP contribution in [0.25, 0.3) is 33.4 Å². The zero-order chi connectivity index (χ0) is 29.1. The van der Waals surface area contributed by atoms with E-state index in [4.69, 9.17) is 0 Å². The van der Waals surface area contributed by atoms with Gasteiger partial charge in [-0.15, -0.1) is 0 Å². The SMILES string of the molecule is Cc1cc(C)c(-c2cc3c(c(Cc4cccc5c4Cc4ccccc4-5)c2Cc2ccccc2)Cc2ccccc2-3)c(C)c1. The van der Waals surface area contributed by atoms with Crippen LogP contribution in [0.4, 0.5) is 0 Å². The average Bonchev–Trinajstić information content (AvgIpc) is 3.58. The zero-order valence-corrected chi connectivity index (χ0v) is 25.3. The Hall–Kier alpha value is -4.68. The van der Waals surface area contributed by atoms with Gasteiger partial charge in [0.2, 0.25) is 0 Å². The van der Waals surface area contributed by atoms with Crippen LogP contribution >= 0.6 is 0 Å². The summed E-state index contributed by atoms with van der Waals surface area (Å²) in [6.45, 7) is 6.81. The molecule has 0 atom stereocenters. The molecule has 0 saturated heterocycles. The van der Waals surface area contributed by atoms with E-state index < -0.39 is 0 Å². The highest BCUT2D eigenvalue weighted by atomic mass is 14.3. The van der Waals surface area contributed by atoms with Crippen molar-refractivity contribution in [3.8, 4) is 33.4 Å². The molecule has 0 heterocycles. The molecule has 0 fully saturated rings. The van der Waals surface area contributed by atoms with Gasteiger partial charge in [-0.2, -0.15) is 0 Å². The molecule has 0 N–H and O–H groups in total. The summed E-state index contributed by atoms with van der Waals surface area (Å²) in [5.41, 5.74) is 24.3. The van der Waals surface area contributed by atoms with Crippen molar-refractivity contribution in [1.29, 1.82) is 0 Å². The van der Waals surface area contributed by atoms with Crippen LogP contribution in [-0.2, 0) is 25.7 Å². The van der Waals surface area contributed by atoms with Crippen molar-refractivity contribution in [3.05, 3.63) is 176 Å². The number of hydrogen-bond acceptors (Lipinski definition) is 0. The fraction of sp³-hybridized carbons (Fsp3) is 0.163. The molecule has 2 aliphatic rings. The van der Waals surface area contributed by atoms with E-state index in [2.05, 4.69) is 136 Å². The van der Waals surface area contributed by atoms with Gasteiger partial charge in [0.1, 0.15) is 0 Å². The van der Waals surface area contributed by atoms with E-state index in [1.54, 1.807) is 0 Å². The molecule has 0 saturated carbocycles. The summed E-state index contributed by atoms with van der Waals surface area (Å²) in [6.07, 6.45) is 3.91. The Morgan fingerprint density at radius 1 is 0.465 bits per heavy atom. The van der Waals surface area contributed by atoms with Gasteiger partial charge in [-0.3, -0.25) is 0 Å². The molecule has 6 aromatic carbocycles. The number of aryl methyl sites for hydroxylation is 3. The number of benzene rings is 6. The maximum absolute atomic E-state index is 2.54. The summed E-state index contributed by atoms with van der Waals surface area (Å²) >= 11 is 0. The van der Waals surface area contributed by atoms with Crippen LogP contribution in [0.1, 0.15) is 61.2 Å². The molecular formula is C43H36. The molecule has 43 heavy (non-hydrogen) atoms. The highest BCUT2D eigenvalue weighted by Gasteiger charge is 2.28. The number of fused-ring (bicyclic) bond motifs is 6. The van der Waals surface area contributed by atoms with Crippen molar-refractivity contribution in [2.45, 2.75) is 46.5 Å². The smallest absolute Gasteiger partial charge is 0.00105 e. The molecule has 2 aliphatic carbocycles. The van der Waals surface area contributed by atoms with Gasteiger partial charge < -0.3 is 0 Å². The predicted octanol–water partition coefficient (Wildman–Crippen LogP) is 10.6. The van der Waals surface area contributed by atoms with Crippen molar-refractivity contribution in [1.82, 2.24) is 0 Å². The Morgan fingerprint density at radius 2 is 1.07 bits per heavy atom. The van der Waals surface area contributed by atoms with Crippen LogP contribution in [0.2, 0.25) is 0 Å². The summed E-state index contributed by atoms with van der Waals surface area (Å²) in [6, 6.07) is 43.4. The molecule has 0 amide bonds.